The minimum absolute atomic E-state index is 0.134. The molecule has 0 aliphatic heterocycles. The molecule has 6 heteroatoms. The number of hydrogen-bond donors (Lipinski definition) is 1. The van der Waals surface area contributed by atoms with Crippen molar-refractivity contribution in [1.82, 2.24) is 15.1 Å². The molecule has 4 nitrogen and oxygen atoms in total. The first-order valence-corrected chi connectivity index (χ1v) is 6.54. The third-order valence-electron chi connectivity index (χ3n) is 2.36. The molecule has 1 amide bonds. The molecule has 0 fully saturated rings. The van der Waals surface area contributed by atoms with Gasteiger partial charge in [0.25, 0.3) is 5.91 Å². The highest BCUT2D eigenvalue weighted by Gasteiger charge is 2.09. The van der Waals surface area contributed by atoms with Crippen LogP contribution in [0.3, 0.4) is 0 Å². The molecule has 1 N–H and O–H groups in total. The first kappa shape index (κ1) is 13.1. The summed E-state index contributed by atoms with van der Waals surface area (Å²) >= 11 is 9.14. The molecular formula is C12H11BrClN3O. The van der Waals surface area contributed by atoms with Crippen LogP contribution in [-0.2, 0) is 6.54 Å². The number of nitrogens with one attached hydrogen (secondary N) is 1. The second-order valence-corrected chi connectivity index (χ2v) is 4.94. The summed E-state index contributed by atoms with van der Waals surface area (Å²) in [7, 11) is 0. The van der Waals surface area contributed by atoms with E-state index in [2.05, 4.69) is 26.3 Å². The zero-order valence-corrected chi connectivity index (χ0v) is 11.8. The van der Waals surface area contributed by atoms with Crippen molar-refractivity contribution >= 4 is 33.4 Å². The predicted molar refractivity (Wildman–Crippen MR) is 73.7 cm³/mol. The molecule has 0 radical (unpaired) electrons. The van der Waals surface area contributed by atoms with Crippen molar-refractivity contribution in [2.45, 2.75) is 6.54 Å². The number of hydrogen-bond acceptors (Lipinski definition) is 2. The Balaban J connectivity index is 1.91. The number of amides is 1. The van der Waals surface area contributed by atoms with Crippen molar-refractivity contribution < 1.29 is 4.79 Å². The third-order valence-corrected chi connectivity index (χ3v) is 3.25. The van der Waals surface area contributed by atoms with Gasteiger partial charge in [-0.1, -0.05) is 11.6 Å². The molecule has 0 spiro atoms. The zero-order chi connectivity index (χ0) is 13.0. The number of nitrogens with zero attached hydrogens (tertiary/aromatic N) is 2. The highest BCUT2D eigenvalue weighted by Crippen LogP contribution is 2.21. The summed E-state index contributed by atoms with van der Waals surface area (Å²) in [5.41, 5.74) is 0.569. The Morgan fingerprint density at radius 3 is 3.00 bits per heavy atom. The highest BCUT2D eigenvalue weighted by molar-refractivity contribution is 9.10. The topological polar surface area (TPSA) is 46.9 Å². The van der Waals surface area contributed by atoms with Gasteiger partial charge in [0.2, 0.25) is 0 Å². The minimum Gasteiger partial charge on any atom is -0.350 e. The lowest BCUT2D eigenvalue weighted by atomic mass is 10.2. The standard InChI is InChI=1S/C12H11BrClN3O/c13-11-8-9(14)2-3-10(11)12(18)15-5-7-17-6-1-4-16-17/h1-4,6,8H,5,7H2,(H,15,18). The zero-order valence-electron chi connectivity index (χ0n) is 9.44. The molecular weight excluding hydrogens is 318 g/mol. The normalized spacial score (nSPS) is 10.3. The lowest BCUT2D eigenvalue weighted by molar-refractivity contribution is 0.0951. The van der Waals surface area contributed by atoms with E-state index in [-0.39, 0.29) is 5.91 Å². The van der Waals surface area contributed by atoms with Crippen molar-refractivity contribution in [3.05, 3.63) is 51.7 Å². The van der Waals surface area contributed by atoms with Gasteiger partial charge in [0.1, 0.15) is 0 Å². The molecule has 2 rings (SSSR count). The largest absolute Gasteiger partial charge is 0.350 e. The van der Waals surface area contributed by atoms with Crippen LogP contribution < -0.4 is 5.32 Å². The average molecular weight is 329 g/mol. The van der Waals surface area contributed by atoms with Gasteiger partial charge in [-0.3, -0.25) is 9.48 Å². The summed E-state index contributed by atoms with van der Waals surface area (Å²) in [4.78, 5) is 11.9. The average Bonchev–Trinajstić information content (AvgIpc) is 2.81. The molecule has 0 saturated heterocycles. The Kier molecular flexibility index (Phi) is 4.38. The van der Waals surface area contributed by atoms with Crippen molar-refractivity contribution in [1.29, 1.82) is 0 Å². The van der Waals surface area contributed by atoms with Gasteiger partial charge < -0.3 is 5.32 Å². The summed E-state index contributed by atoms with van der Waals surface area (Å²) in [6.45, 7) is 1.17. The second kappa shape index (κ2) is 6.02. The van der Waals surface area contributed by atoms with E-state index in [4.69, 9.17) is 11.6 Å². The summed E-state index contributed by atoms with van der Waals surface area (Å²) < 4.78 is 2.45. The summed E-state index contributed by atoms with van der Waals surface area (Å²) in [6.07, 6.45) is 3.56. The number of benzene rings is 1. The van der Waals surface area contributed by atoms with Crippen LogP contribution in [-0.4, -0.2) is 22.2 Å². The van der Waals surface area contributed by atoms with Gasteiger partial charge in [-0.25, -0.2) is 0 Å². The maximum absolute atomic E-state index is 11.9. The molecule has 0 saturated carbocycles. The van der Waals surface area contributed by atoms with E-state index in [1.165, 1.54) is 0 Å². The van der Waals surface area contributed by atoms with Gasteiger partial charge in [0.15, 0.2) is 0 Å². The van der Waals surface area contributed by atoms with Crippen LogP contribution >= 0.6 is 27.5 Å². The van der Waals surface area contributed by atoms with E-state index in [0.29, 0.717) is 28.1 Å². The van der Waals surface area contributed by atoms with Crippen LogP contribution in [0.25, 0.3) is 0 Å². The predicted octanol–water partition coefficient (Wildman–Crippen LogP) is 2.73. The molecule has 2 aromatic rings. The molecule has 0 aliphatic carbocycles. The van der Waals surface area contributed by atoms with Crippen LogP contribution in [0.4, 0.5) is 0 Å². The molecule has 0 unspecified atom stereocenters. The number of carbonyl (C=O) groups is 1. The first-order valence-electron chi connectivity index (χ1n) is 5.37. The molecule has 0 bridgehead atoms. The Bertz CT molecular complexity index is 542. The summed E-state index contributed by atoms with van der Waals surface area (Å²) in [5.74, 6) is -0.134. The lowest BCUT2D eigenvalue weighted by Gasteiger charge is -2.07. The van der Waals surface area contributed by atoms with Gasteiger partial charge in [0, 0.05) is 28.4 Å². The maximum atomic E-state index is 11.9. The number of aromatic nitrogens is 2. The Morgan fingerprint density at radius 1 is 1.50 bits per heavy atom. The third kappa shape index (κ3) is 3.34. The van der Waals surface area contributed by atoms with Crippen molar-refractivity contribution in [2.75, 3.05) is 6.54 Å². The van der Waals surface area contributed by atoms with Gasteiger partial charge in [0.05, 0.1) is 12.1 Å². The number of rotatable bonds is 4. The fourth-order valence-corrected chi connectivity index (χ4v) is 2.35. The van der Waals surface area contributed by atoms with Crippen LogP contribution in [0, 0.1) is 0 Å². The Labute approximate surface area is 118 Å². The van der Waals surface area contributed by atoms with Gasteiger partial charge in [-0.15, -0.1) is 0 Å². The van der Waals surface area contributed by atoms with E-state index < -0.39 is 0 Å². The van der Waals surface area contributed by atoms with Gasteiger partial charge in [-0.05, 0) is 40.2 Å². The lowest BCUT2D eigenvalue weighted by Crippen LogP contribution is -2.27. The van der Waals surface area contributed by atoms with E-state index in [1.54, 1.807) is 29.1 Å². The van der Waals surface area contributed by atoms with E-state index in [9.17, 15) is 4.79 Å². The smallest absolute Gasteiger partial charge is 0.252 e. The molecule has 1 heterocycles. The second-order valence-electron chi connectivity index (χ2n) is 3.65. The molecule has 1 aromatic carbocycles. The molecule has 1 aromatic heterocycles. The van der Waals surface area contributed by atoms with Crippen LogP contribution in [0.5, 0.6) is 0 Å². The minimum atomic E-state index is -0.134. The Hall–Kier alpha value is -1.33. The van der Waals surface area contributed by atoms with Gasteiger partial charge >= 0.3 is 0 Å². The molecule has 94 valence electrons. The van der Waals surface area contributed by atoms with Crippen molar-refractivity contribution in [2.24, 2.45) is 0 Å². The Morgan fingerprint density at radius 2 is 2.33 bits per heavy atom. The monoisotopic (exact) mass is 327 g/mol. The van der Waals surface area contributed by atoms with E-state index in [0.717, 1.165) is 0 Å². The highest BCUT2D eigenvalue weighted by atomic mass is 79.9. The van der Waals surface area contributed by atoms with Crippen LogP contribution in [0.1, 0.15) is 10.4 Å². The molecule has 0 atom stereocenters. The number of carbonyl (C=O) groups excluding carboxylic acids is 1. The van der Waals surface area contributed by atoms with Gasteiger partial charge in [-0.2, -0.15) is 5.10 Å². The summed E-state index contributed by atoms with van der Waals surface area (Å²) in [6, 6.07) is 6.92. The van der Waals surface area contributed by atoms with Crippen LogP contribution in [0.2, 0.25) is 5.02 Å². The number of halogens is 2. The van der Waals surface area contributed by atoms with Crippen LogP contribution in [0.15, 0.2) is 41.1 Å². The quantitative estimate of drug-likeness (QED) is 0.938. The van der Waals surface area contributed by atoms with Crippen molar-refractivity contribution in [3.8, 4) is 0 Å². The first-order chi connectivity index (χ1) is 8.66. The van der Waals surface area contributed by atoms with E-state index >= 15 is 0 Å². The fraction of sp³-hybridized carbons (Fsp3) is 0.167. The van der Waals surface area contributed by atoms with Crippen molar-refractivity contribution in [3.63, 3.8) is 0 Å². The molecule has 18 heavy (non-hydrogen) atoms. The van der Waals surface area contributed by atoms with E-state index in [1.807, 2.05) is 12.3 Å². The SMILES string of the molecule is O=C(NCCn1cccn1)c1ccc(Cl)cc1Br. The maximum Gasteiger partial charge on any atom is 0.252 e. The fourth-order valence-electron chi connectivity index (χ4n) is 1.49. The summed E-state index contributed by atoms with van der Waals surface area (Å²) in [5, 5.41) is 7.47. The molecule has 0 aliphatic rings.